The van der Waals surface area contributed by atoms with E-state index < -0.39 is 0 Å². The Morgan fingerprint density at radius 2 is 2.00 bits per heavy atom. The van der Waals surface area contributed by atoms with Crippen LogP contribution in [-0.4, -0.2) is 49.2 Å². The fourth-order valence-electron chi connectivity index (χ4n) is 3.66. The van der Waals surface area contributed by atoms with E-state index in [1.54, 1.807) is 12.3 Å². The van der Waals surface area contributed by atoms with E-state index in [0.29, 0.717) is 16.2 Å². The Morgan fingerprint density at radius 3 is 2.86 bits per heavy atom. The minimum Gasteiger partial charge on any atom is -0.355 e. The maximum atomic E-state index is 12.9. The van der Waals surface area contributed by atoms with E-state index in [0.717, 1.165) is 42.8 Å². The van der Waals surface area contributed by atoms with Crippen molar-refractivity contribution in [3.8, 4) is 0 Å². The van der Waals surface area contributed by atoms with Gasteiger partial charge in [0.25, 0.3) is 0 Å². The van der Waals surface area contributed by atoms with Crippen LogP contribution < -0.4 is 10.2 Å². The Hall–Kier alpha value is -3.33. The van der Waals surface area contributed by atoms with Gasteiger partial charge in [-0.3, -0.25) is 9.78 Å². The molecule has 4 heterocycles. The van der Waals surface area contributed by atoms with Gasteiger partial charge in [0.05, 0.1) is 16.2 Å². The van der Waals surface area contributed by atoms with Crippen LogP contribution in [-0.2, 0) is 4.79 Å². The standard InChI is InChI=1S/C19H17ClN8O/c20-14-3-4-15(13-2-1-9-21-18(13)14)22-19(29)12-7-10-27(11-8-12)17-6-5-16-23-25-26-28(16)24-17/h1-6,9,12H,7-8,10-11H2,(H,22,29). The summed E-state index contributed by atoms with van der Waals surface area (Å²) < 4.78 is 1.41. The molecule has 1 aromatic carbocycles. The van der Waals surface area contributed by atoms with E-state index in [9.17, 15) is 4.79 Å². The molecule has 1 fully saturated rings. The predicted molar refractivity (Wildman–Crippen MR) is 109 cm³/mol. The van der Waals surface area contributed by atoms with Gasteiger partial charge < -0.3 is 10.2 Å². The number of tetrazole rings is 1. The Kier molecular flexibility index (Phi) is 4.44. The summed E-state index contributed by atoms with van der Waals surface area (Å²) in [5.74, 6) is 0.754. The maximum Gasteiger partial charge on any atom is 0.227 e. The van der Waals surface area contributed by atoms with Crippen LogP contribution in [0.2, 0.25) is 5.02 Å². The Labute approximate surface area is 170 Å². The number of hydrogen-bond donors (Lipinski definition) is 1. The number of carbonyl (C=O) groups excluding carboxylic acids is 1. The van der Waals surface area contributed by atoms with Crippen LogP contribution in [0.3, 0.4) is 0 Å². The van der Waals surface area contributed by atoms with Crippen LogP contribution in [0.4, 0.5) is 11.5 Å². The van der Waals surface area contributed by atoms with Crippen molar-refractivity contribution in [2.75, 3.05) is 23.3 Å². The van der Waals surface area contributed by atoms with Crippen LogP contribution in [0.5, 0.6) is 0 Å². The van der Waals surface area contributed by atoms with Gasteiger partial charge in [-0.2, -0.15) is 0 Å². The van der Waals surface area contributed by atoms with Gasteiger partial charge >= 0.3 is 0 Å². The minimum absolute atomic E-state index is 0.0148. The average Bonchev–Trinajstić information content (AvgIpc) is 3.24. The summed E-state index contributed by atoms with van der Waals surface area (Å²) >= 11 is 6.22. The van der Waals surface area contributed by atoms with Crippen LogP contribution in [0, 0.1) is 5.92 Å². The molecule has 0 atom stereocenters. The third kappa shape index (κ3) is 3.33. The van der Waals surface area contributed by atoms with Crippen molar-refractivity contribution in [1.82, 2.24) is 30.2 Å². The molecule has 10 heteroatoms. The summed E-state index contributed by atoms with van der Waals surface area (Å²) in [4.78, 5) is 19.3. The quantitative estimate of drug-likeness (QED) is 0.555. The number of hydrogen-bond acceptors (Lipinski definition) is 7. The number of piperidine rings is 1. The maximum absolute atomic E-state index is 12.9. The zero-order valence-corrected chi connectivity index (χ0v) is 16.1. The summed E-state index contributed by atoms with van der Waals surface area (Å²) in [5.41, 5.74) is 2.02. The normalized spacial score (nSPS) is 15.1. The SMILES string of the molecule is O=C(Nc1ccc(Cl)c2ncccc12)C1CCN(c2ccc3nnnn3n2)CC1. The predicted octanol–water partition coefficient (Wildman–Crippen LogP) is 2.58. The number of carbonyl (C=O) groups is 1. The van der Waals surface area contributed by atoms with Crippen LogP contribution in [0.15, 0.2) is 42.6 Å². The van der Waals surface area contributed by atoms with Gasteiger partial charge in [-0.1, -0.05) is 11.6 Å². The topological polar surface area (TPSA) is 101 Å². The second-order valence-electron chi connectivity index (χ2n) is 6.96. The molecule has 0 saturated carbocycles. The molecule has 0 aliphatic carbocycles. The Balaban J connectivity index is 1.27. The molecule has 0 radical (unpaired) electrons. The largest absolute Gasteiger partial charge is 0.355 e. The molecule has 1 saturated heterocycles. The number of benzene rings is 1. The second kappa shape index (κ2) is 7.25. The first-order chi connectivity index (χ1) is 14.2. The van der Waals surface area contributed by atoms with Gasteiger partial charge in [0.2, 0.25) is 5.91 Å². The fourth-order valence-corrected chi connectivity index (χ4v) is 3.88. The average molecular weight is 409 g/mol. The van der Waals surface area contributed by atoms with Gasteiger partial charge in [0.15, 0.2) is 11.5 Å². The molecule has 9 nitrogen and oxygen atoms in total. The number of halogens is 1. The molecule has 3 aromatic heterocycles. The highest BCUT2D eigenvalue weighted by atomic mass is 35.5. The molecule has 146 valence electrons. The van der Waals surface area contributed by atoms with Gasteiger partial charge in [0.1, 0.15) is 0 Å². The minimum atomic E-state index is -0.0644. The van der Waals surface area contributed by atoms with Crippen molar-refractivity contribution in [3.63, 3.8) is 0 Å². The van der Waals surface area contributed by atoms with Gasteiger partial charge in [0, 0.05) is 30.6 Å². The number of anilines is 2. The first-order valence-electron chi connectivity index (χ1n) is 9.33. The molecule has 4 aromatic rings. The molecule has 1 aliphatic rings. The third-order valence-electron chi connectivity index (χ3n) is 5.22. The lowest BCUT2D eigenvalue weighted by atomic mass is 9.95. The van der Waals surface area contributed by atoms with Crippen molar-refractivity contribution in [3.05, 3.63) is 47.6 Å². The van der Waals surface area contributed by atoms with Crippen LogP contribution in [0.25, 0.3) is 16.6 Å². The van der Waals surface area contributed by atoms with E-state index >= 15 is 0 Å². The Bertz CT molecular complexity index is 1200. The summed E-state index contributed by atoms with van der Waals surface area (Å²) in [6.07, 6.45) is 3.17. The summed E-state index contributed by atoms with van der Waals surface area (Å²) in [5, 5.41) is 20.2. The molecule has 0 spiro atoms. The van der Waals surface area contributed by atoms with Gasteiger partial charge in [-0.05, 0) is 59.7 Å². The molecule has 0 bridgehead atoms. The Morgan fingerprint density at radius 1 is 1.14 bits per heavy atom. The first-order valence-corrected chi connectivity index (χ1v) is 9.71. The zero-order chi connectivity index (χ0) is 19.8. The molecule has 29 heavy (non-hydrogen) atoms. The fraction of sp³-hybridized carbons (Fsp3) is 0.263. The van der Waals surface area contributed by atoms with E-state index in [1.165, 1.54) is 4.63 Å². The molecule has 5 rings (SSSR count). The van der Waals surface area contributed by atoms with Crippen molar-refractivity contribution in [2.45, 2.75) is 12.8 Å². The number of nitrogens with one attached hydrogen (secondary N) is 1. The summed E-state index contributed by atoms with van der Waals surface area (Å²) in [6.45, 7) is 1.48. The van der Waals surface area contributed by atoms with Crippen LogP contribution in [0.1, 0.15) is 12.8 Å². The number of aromatic nitrogens is 6. The number of pyridine rings is 1. The molecule has 0 unspecified atom stereocenters. The van der Waals surface area contributed by atoms with Crippen molar-refractivity contribution < 1.29 is 4.79 Å². The highest BCUT2D eigenvalue weighted by Crippen LogP contribution is 2.29. The third-order valence-corrected chi connectivity index (χ3v) is 5.53. The van der Waals surface area contributed by atoms with Crippen molar-refractivity contribution in [1.29, 1.82) is 0 Å². The first kappa shape index (κ1) is 17.7. The van der Waals surface area contributed by atoms with Crippen molar-refractivity contribution in [2.24, 2.45) is 5.92 Å². The van der Waals surface area contributed by atoms with E-state index in [4.69, 9.17) is 11.6 Å². The van der Waals surface area contributed by atoms with Gasteiger partial charge in [-0.15, -0.1) is 14.8 Å². The lowest BCUT2D eigenvalue weighted by Gasteiger charge is -2.31. The summed E-state index contributed by atoms with van der Waals surface area (Å²) in [6, 6.07) is 11.1. The number of rotatable bonds is 3. The van der Waals surface area contributed by atoms with E-state index in [1.807, 2.05) is 30.3 Å². The molecule has 1 amide bonds. The van der Waals surface area contributed by atoms with Crippen LogP contribution >= 0.6 is 11.6 Å². The lowest BCUT2D eigenvalue weighted by Crippen LogP contribution is -2.38. The molecule has 1 N–H and O–H groups in total. The number of nitrogens with zero attached hydrogens (tertiary/aromatic N) is 7. The van der Waals surface area contributed by atoms with E-state index in [-0.39, 0.29) is 11.8 Å². The van der Waals surface area contributed by atoms with Gasteiger partial charge in [-0.25, -0.2) is 0 Å². The summed E-state index contributed by atoms with van der Waals surface area (Å²) in [7, 11) is 0. The second-order valence-corrected chi connectivity index (χ2v) is 7.37. The highest BCUT2D eigenvalue weighted by Gasteiger charge is 2.26. The highest BCUT2D eigenvalue weighted by molar-refractivity contribution is 6.35. The number of fused-ring (bicyclic) bond motifs is 2. The monoisotopic (exact) mass is 408 g/mol. The van der Waals surface area contributed by atoms with Crippen molar-refractivity contribution >= 4 is 45.6 Å². The molecule has 1 aliphatic heterocycles. The number of amides is 1. The zero-order valence-electron chi connectivity index (χ0n) is 15.4. The van der Waals surface area contributed by atoms with E-state index in [2.05, 4.69) is 35.8 Å². The molecular formula is C19H17ClN8O. The molecular weight excluding hydrogens is 392 g/mol. The lowest BCUT2D eigenvalue weighted by molar-refractivity contribution is -0.120. The smallest absolute Gasteiger partial charge is 0.227 e.